The second kappa shape index (κ2) is 3.44. The molecule has 0 aromatic heterocycles. The van der Waals surface area contributed by atoms with E-state index in [9.17, 15) is 5.26 Å². The van der Waals surface area contributed by atoms with Crippen LogP contribution in [0.25, 0.3) is 0 Å². The van der Waals surface area contributed by atoms with E-state index in [1.807, 2.05) is 0 Å². The molecule has 0 spiro atoms. The third-order valence-corrected chi connectivity index (χ3v) is 7.31. The lowest BCUT2D eigenvalue weighted by atomic mass is 9.43. The maximum atomic E-state index is 9.28. The van der Waals surface area contributed by atoms with Gasteiger partial charge in [-0.05, 0) is 42.4 Å². The highest BCUT2D eigenvalue weighted by atomic mass is 16.7. The van der Waals surface area contributed by atoms with Crippen molar-refractivity contribution in [1.82, 2.24) is 0 Å². The zero-order valence-electron chi connectivity index (χ0n) is 13.1. The van der Waals surface area contributed by atoms with E-state index in [0.29, 0.717) is 11.3 Å². The second-order valence-electron chi connectivity index (χ2n) is 8.79. The smallest absolute Gasteiger partial charge is 0.405 e. The first kappa shape index (κ1) is 13.2. The maximum absolute atomic E-state index is 9.28. The summed E-state index contributed by atoms with van der Waals surface area (Å²) in [5.74, 6) is 1.72. The first-order valence-corrected chi connectivity index (χ1v) is 7.96. The largest absolute Gasteiger partial charge is 0.462 e. The van der Waals surface area contributed by atoms with Crippen LogP contribution in [0.4, 0.5) is 0 Å². The lowest BCUT2D eigenvalue weighted by Crippen LogP contribution is -2.65. The van der Waals surface area contributed by atoms with Crippen LogP contribution in [0.3, 0.4) is 0 Å². The van der Waals surface area contributed by atoms with Crippen LogP contribution in [0.15, 0.2) is 0 Å². The number of hydrogen-bond acceptors (Lipinski definition) is 3. The third kappa shape index (κ3) is 1.30. The standard InChI is InChI=1S/C16H24BNO2/c1-14(2)9-6-11(14)16(5)12(7-9)19-17(20-16)13-10(8-18)15(13,3)4/h9-13H,6-7H2,1-5H3/t9?,10-,11?,12-,13+,16+/m1/s1. The van der Waals surface area contributed by atoms with Gasteiger partial charge in [0.2, 0.25) is 0 Å². The predicted octanol–water partition coefficient (Wildman–Crippen LogP) is 3.26. The van der Waals surface area contributed by atoms with Crippen LogP contribution in [0.1, 0.15) is 47.5 Å². The molecule has 108 valence electrons. The SMILES string of the molecule is CC1(C)C2CC1[C@]1(C)OB([C@H]3[C@@H](C#N)C3(C)C)O[C@@H]1C2. The van der Waals surface area contributed by atoms with E-state index in [1.54, 1.807) is 0 Å². The fraction of sp³-hybridized carbons (Fsp3) is 0.938. The molecule has 0 aromatic carbocycles. The molecule has 2 bridgehead atoms. The molecule has 5 aliphatic rings. The van der Waals surface area contributed by atoms with Crippen molar-refractivity contribution in [3.05, 3.63) is 0 Å². The van der Waals surface area contributed by atoms with E-state index in [1.165, 1.54) is 6.42 Å². The van der Waals surface area contributed by atoms with E-state index in [4.69, 9.17) is 9.31 Å². The fourth-order valence-electron chi connectivity index (χ4n) is 5.48. The Kier molecular flexibility index (Phi) is 2.27. The number of nitrogens with zero attached hydrogens (tertiary/aromatic N) is 1. The van der Waals surface area contributed by atoms with E-state index in [-0.39, 0.29) is 36.0 Å². The summed E-state index contributed by atoms with van der Waals surface area (Å²) in [6, 6.07) is 2.43. The monoisotopic (exact) mass is 273 g/mol. The Hall–Kier alpha value is -0.525. The molecule has 0 aromatic rings. The van der Waals surface area contributed by atoms with E-state index in [0.717, 1.165) is 12.3 Å². The summed E-state index contributed by atoms with van der Waals surface area (Å²) >= 11 is 0. The van der Waals surface area contributed by atoms with E-state index in [2.05, 4.69) is 40.7 Å². The molecule has 20 heavy (non-hydrogen) atoms. The van der Waals surface area contributed by atoms with Crippen molar-refractivity contribution in [3.63, 3.8) is 0 Å². The zero-order chi connectivity index (χ0) is 14.5. The molecule has 2 unspecified atom stereocenters. The van der Waals surface area contributed by atoms with Gasteiger partial charge in [-0.3, -0.25) is 0 Å². The van der Waals surface area contributed by atoms with Gasteiger partial charge in [-0.25, -0.2) is 0 Å². The Morgan fingerprint density at radius 1 is 1.10 bits per heavy atom. The second-order valence-corrected chi connectivity index (χ2v) is 8.79. The molecule has 4 saturated carbocycles. The van der Waals surface area contributed by atoms with Crippen molar-refractivity contribution in [2.24, 2.45) is 28.6 Å². The van der Waals surface area contributed by atoms with Gasteiger partial charge in [-0.15, -0.1) is 0 Å². The summed E-state index contributed by atoms with van der Waals surface area (Å²) in [6.45, 7) is 11.3. The van der Waals surface area contributed by atoms with Gasteiger partial charge in [0.05, 0.1) is 23.7 Å². The molecular formula is C16H24BNO2. The van der Waals surface area contributed by atoms with Gasteiger partial charge in [0.15, 0.2) is 0 Å². The van der Waals surface area contributed by atoms with Crippen LogP contribution in [0.2, 0.25) is 5.82 Å². The minimum atomic E-state index is -0.167. The normalized spacial score (nSPS) is 53.8. The minimum Gasteiger partial charge on any atom is -0.405 e. The van der Waals surface area contributed by atoms with Crippen molar-refractivity contribution >= 4 is 7.12 Å². The van der Waals surface area contributed by atoms with Crippen molar-refractivity contribution in [2.45, 2.75) is 65.0 Å². The highest BCUT2D eigenvalue weighted by Gasteiger charge is 2.73. The Morgan fingerprint density at radius 2 is 1.80 bits per heavy atom. The van der Waals surface area contributed by atoms with Crippen molar-refractivity contribution in [1.29, 1.82) is 5.26 Å². The number of nitriles is 1. The number of rotatable bonds is 1. The van der Waals surface area contributed by atoms with Crippen LogP contribution < -0.4 is 0 Å². The van der Waals surface area contributed by atoms with E-state index >= 15 is 0 Å². The quantitative estimate of drug-likeness (QED) is 0.688. The maximum Gasteiger partial charge on any atom is 0.462 e. The van der Waals surface area contributed by atoms with Crippen LogP contribution >= 0.6 is 0 Å². The summed E-state index contributed by atoms with van der Waals surface area (Å²) in [5, 5.41) is 9.28. The summed E-state index contributed by atoms with van der Waals surface area (Å²) in [6.07, 6.45) is 2.65. The Bertz CT molecular complexity index is 511. The van der Waals surface area contributed by atoms with Gasteiger partial charge in [0.25, 0.3) is 0 Å². The molecule has 6 atom stereocenters. The average molecular weight is 273 g/mol. The number of hydrogen-bond donors (Lipinski definition) is 0. The van der Waals surface area contributed by atoms with Gasteiger partial charge in [0, 0.05) is 5.82 Å². The molecular weight excluding hydrogens is 249 g/mol. The first-order valence-electron chi connectivity index (χ1n) is 7.96. The molecule has 1 saturated heterocycles. The molecule has 5 fully saturated rings. The molecule has 1 heterocycles. The molecule has 0 N–H and O–H groups in total. The van der Waals surface area contributed by atoms with Crippen LogP contribution in [0, 0.1) is 39.9 Å². The fourth-order valence-corrected chi connectivity index (χ4v) is 5.48. The summed E-state index contributed by atoms with van der Waals surface area (Å²) in [4.78, 5) is 0. The molecule has 3 nitrogen and oxygen atoms in total. The lowest BCUT2D eigenvalue weighted by molar-refractivity contribution is -0.199. The van der Waals surface area contributed by atoms with Crippen LogP contribution in [0.5, 0.6) is 0 Å². The Balaban J connectivity index is 1.58. The van der Waals surface area contributed by atoms with Crippen LogP contribution in [-0.2, 0) is 9.31 Å². The highest BCUT2D eigenvalue weighted by molar-refractivity contribution is 6.49. The van der Waals surface area contributed by atoms with Gasteiger partial charge in [0.1, 0.15) is 0 Å². The Morgan fingerprint density at radius 3 is 2.35 bits per heavy atom. The molecule has 0 radical (unpaired) electrons. The average Bonchev–Trinajstić information content (AvgIpc) is 2.74. The van der Waals surface area contributed by atoms with Gasteiger partial charge in [-0.2, -0.15) is 5.26 Å². The minimum absolute atomic E-state index is 0.0434. The Labute approximate surface area is 122 Å². The van der Waals surface area contributed by atoms with Crippen molar-refractivity contribution < 1.29 is 9.31 Å². The van der Waals surface area contributed by atoms with Crippen molar-refractivity contribution in [3.8, 4) is 6.07 Å². The first-order chi connectivity index (χ1) is 9.23. The molecule has 0 amide bonds. The van der Waals surface area contributed by atoms with Gasteiger partial charge >= 0.3 is 7.12 Å². The summed E-state index contributed by atoms with van der Waals surface area (Å²) in [7, 11) is -0.167. The van der Waals surface area contributed by atoms with Crippen molar-refractivity contribution in [2.75, 3.05) is 0 Å². The van der Waals surface area contributed by atoms with E-state index < -0.39 is 0 Å². The topological polar surface area (TPSA) is 42.2 Å². The van der Waals surface area contributed by atoms with Gasteiger partial charge < -0.3 is 9.31 Å². The molecule has 1 aliphatic heterocycles. The molecule has 4 aliphatic carbocycles. The highest BCUT2D eigenvalue weighted by Crippen LogP contribution is 2.70. The van der Waals surface area contributed by atoms with Gasteiger partial charge in [-0.1, -0.05) is 27.7 Å². The third-order valence-electron chi connectivity index (χ3n) is 7.31. The summed E-state index contributed by atoms with van der Waals surface area (Å²) in [5.41, 5.74) is 0.292. The summed E-state index contributed by atoms with van der Waals surface area (Å²) < 4.78 is 12.7. The zero-order valence-corrected chi connectivity index (χ0v) is 13.1. The molecule has 5 rings (SSSR count). The predicted molar refractivity (Wildman–Crippen MR) is 76.7 cm³/mol. The lowest BCUT2D eigenvalue weighted by Gasteiger charge is -2.64. The van der Waals surface area contributed by atoms with Crippen LogP contribution in [-0.4, -0.2) is 18.8 Å². The molecule has 4 heteroatoms.